The molecule has 0 saturated carbocycles. The third-order valence-electron chi connectivity index (χ3n) is 4.02. The molecule has 1 saturated heterocycles. The Morgan fingerprint density at radius 3 is 2.91 bits per heavy atom. The minimum Gasteiger partial charge on any atom is -0.316 e. The fourth-order valence-corrected chi connectivity index (χ4v) is 2.83. The van der Waals surface area contributed by atoms with Crippen LogP contribution in [-0.2, 0) is 12.6 Å². The average molecular weight is 311 g/mol. The molecule has 1 atom stereocenters. The lowest BCUT2D eigenvalue weighted by molar-refractivity contribution is -0.136. The van der Waals surface area contributed by atoms with E-state index in [4.69, 9.17) is 0 Å². The zero-order valence-corrected chi connectivity index (χ0v) is 11.9. The van der Waals surface area contributed by atoms with E-state index >= 15 is 0 Å². The maximum Gasteiger partial charge on any atom is 0.419 e. The van der Waals surface area contributed by atoms with Gasteiger partial charge in [0.25, 0.3) is 5.56 Å². The van der Waals surface area contributed by atoms with Crippen molar-refractivity contribution < 1.29 is 13.2 Å². The molecule has 1 aliphatic heterocycles. The van der Waals surface area contributed by atoms with E-state index in [0.717, 1.165) is 36.4 Å². The van der Waals surface area contributed by atoms with Gasteiger partial charge in [-0.25, -0.2) is 4.98 Å². The Morgan fingerprint density at radius 2 is 2.23 bits per heavy atom. The Labute approximate surface area is 125 Å². The van der Waals surface area contributed by atoms with Gasteiger partial charge < -0.3 is 5.32 Å². The second-order valence-corrected chi connectivity index (χ2v) is 5.60. The van der Waals surface area contributed by atoms with Crippen LogP contribution in [0, 0.1) is 5.92 Å². The molecule has 3 heterocycles. The first-order chi connectivity index (χ1) is 10.4. The van der Waals surface area contributed by atoms with Crippen molar-refractivity contribution in [2.45, 2.75) is 25.4 Å². The zero-order valence-electron chi connectivity index (χ0n) is 11.9. The molecule has 4 nitrogen and oxygen atoms in total. The molecule has 0 bridgehead atoms. The minimum atomic E-state index is -4.53. The van der Waals surface area contributed by atoms with Crippen molar-refractivity contribution in [1.29, 1.82) is 0 Å². The molecule has 2 aromatic heterocycles. The van der Waals surface area contributed by atoms with Crippen LogP contribution < -0.4 is 10.9 Å². The van der Waals surface area contributed by atoms with Crippen LogP contribution in [0.25, 0.3) is 5.65 Å². The van der Waals surface area contributed by atoms with Crippen LogP contribution >= 0.6 is 0 Å². The second kappa shape index (κ2) is 5.72. The molecule has 0 amide bonds. The van der Waals surface area contributed by atoms with Crippen molar-refractivity contribution in [3.05, 3.63) is 46.0 Å². The number of hydrogen-bond donors (Lipinski definition) is 1. The first-order valence-electron chi connectivity index (χ1n) is 7.24. The summed E-state index contributed by atoms with van der Waals surface area (Å²) in [5, 5.41) is 3.24. The molecule has 0 aliphatic carbocycles. The third kappa shape index (κ3) is 2.99. The standard InChI is InChI=1S/C15H16F3N3O/c16-15(17,18)12-2-1-7-21-13(22)8-11(20-14(12)21)4-3-10-5-6-19-9-10/h1-2,7-8,10,19H,3-6,9H2. The van der Waals surface area contributed by atoms with Gasteiger partial charge in [-0.3, -0.25) is 9.20 Å². The molecule has 2 aromatic rings. The van der Waals surface area contributed by atoms with Gasteiger partial charge in [0.1, 0.15) is 0 Å². The van der Waals surface area contributed by atoms with Crippen LogP contribution in [0.5, 0.6) is 0 Å². The lowest BCUT2D eigenvalue weighted by Gasteiger charge is -2.12. The highest BCUT2D eigenvalue weighted by atomic mass is 19.4. The summed E-state index contributed by atoms with van der Waals surface area (Å²) in [5.41, 5.74) is -1.25. The molecule has 1 aliphatic rings. The Bertz CT molecular complexity index is 733. The van der Waals surface area contributed by atoms with Gasteiger partial charge in [-0.2, -0.15) is 13.2 Å². The lowest BCUT2D eigenvalue weighted by Crippen LogP contribution is -2.19. The number of nitrogens with zero attached hydrogens (tertiary/aromatic N) is 2. The molecule has 1 N–H and O–H groups in total. The molecule has 0 radical (unpaired) electrons. The predicted molar refractivity (Wildman–Crippen MR) is 75.8 cm³/mol. The summed E-state index contributed by atoms with van der Waals surface area (Å²) in [6, 6.07) is 3.49. The molecular weight excluding hydrogens is 295 g/mol. The van der Waals surface area contributed by atoms with Crippen molar-refractivity contribution in [3.63, 3.8) is 0 Å². The SMILES string of the molecule is O=c1cc(CCC2CCNC2)nc2c(C(F)(F)F)cccn12. The fourth-order valence-electron chi connectivity index (χ4n) is 2.83. The number of rotatable bonds is 3. The van der Waals surface area contributed by atoms with Crippen LogP contribution in [-0.4, -0.2) is 22.5 Å². The summed E-state index contributed by atoms with van der Waals surface area (Å²) in [4.78, 5) is 16.1. The Hall–Kier alpha value is -1.89. The number of pyridine rings is 1. The minimum absolute atomic E-state index is 0.318. The Kier molecular flexibility index (Phi) is 3.90. The van der Waals surface area contributed by atoms with Crippen molar-refractivity contribution in [3.8, 4) is 0 Å². The fraction of sp³-hybridized carbons (Fsp3) is 0.467. The number of fused-ring (bicyclic) bond motifs is 1. The number of alkyl halides is 3. The molecule has 22 heavy (non-hydrogen) atoms. The summed E-state index contributed by atoms with van der Waals surface area (Å²) < 4.78 is 40.1. The maximum absolute atomic E-state index is 13.0. The first-order valence-corrected chi connectivity index (χ1v) is 7.24. The largest absolute Gasteiger partial charge is 0.419 e. The number of aromatic nitrogens is 2. The summed E-state index contributed by atoms with van der Waals surface area (Å²) in [7, 11) is 0. The summed E-state index contributed by atoms with van der Waals surface area (Å²) in [6.07, 6.45) is -0.820. The van der Waals surface area contributed by atoms with E-state index in [-0.39, 0.29) is 5.65 Å². The summed E-state index contributed by atoms with van der Waals surface area (Å²) in [5.74, 6) is 0.498. The van der Waals surface area contributed by atoms with Gasteiger partial charge in [-0.15, -0.1) is 0 Å². The number of aryl methyl sites for hydroxylation is 1. The Morgan fingerprint density at radius 1 is 1.41 bits per heavy atom. The highest BCUT2D eigenvalue weighted by Crippen LogP contribution is 2.31. The summed E-state index contributed by atoms with van der Waals surface area (Å²) >= 11 is 0. The molecule has 0 spiro atoms. The van der Waals surface area contributed by atoms with Gasteiger partial charge in [-0.1, -0.05) is 0 Å². The van der Waals surface area contributed by atoms with Crippen molar-refractivity contribution in [2.24, 2.45) is 5.92 Å². The first kappa shape index (κ1) is 15.0. The summed E-state index contributed by atoms with van der Waals surface area (Å²) in [6.45, 7) is 1.89. The number of nitrogens with one attached hydrogen (secondary N) is 1. The molecule has 1 fully saturated rings. The van der Waals surface area contributed by atoms with E-state index in [0.29, 0.717) is 18.0 Å². The van der Waals surface area contributed by atoms with Gasteiger partial charge >= 0.3 is 6.18 Å². The quantitative estimate of drug-likeness (QED) is 0.946. The molecular formula is C15H16F3N3O. The van der Waals surface area contributed by atoms with Crippen molar-refractivity contribution in [1.82, 2.24) is 14.7 Å². The number of halogens is 3. The van der Waals surface area contributed by atoms with Gasteiger partial charge in [0.2, 0.25) is 0 Å². The van der Waals surface area contributed by atoms with Crippen LogP contribution in [0.3, 0.4) is 0 Å². The van der Waals surface area contributed by atoms with E-state index in [1.54, 1.807) is 0 Å². The molecule has 1 unspecified atom stereocenters. The third-order valence-corrected chi connectivity index (χ3v) is 4.02. The second-order valence-electron chi connectivity index (χ2n) is 5.60. The average Bonchev–Trinajstić information content (AvgIpc) is 2.97. The van der Waals surface area contributed by atoms with E-state index < -0.39 is 17.3 Å². The topological polar surface area (TPSA) is 46.4 Å². The normalized spacial score (nSPS) is 19.0. The van der Waals surface area contributed by atoms with Crippen LogP contribution in [0.1, 0.15) is 24.1 Å². The lowest BCUT2D eigenvalue weighted by atomic mass is 10.0. The predicted octanol–water partition coefficient (Wildman–Crippen LogP) is 2.26. The van der Waals surface area contributed by atoms with Crippen molar-refractivity contribution >= 4 is 5.65 Å². The van der Waals surface area contributed by atoms with E-state index in [1.165, 1.54) is 18.3 Å². The highest BCUT2D eigenvalue weighted by Gasteiger charge is 2.33. The van der Waals surface area contributed by atoms with E-state index in [1.807, 2.05) is 0 Å². The van der Waals surface area contributed by atoms with E-state index in [2.05, 4.69) is 10.3 Å². The molecule has 0 aromatic carbocycles. The molecule has 118 valence electrons. The van der Waals surface area contributed by atoms with Crippen molar-refractivity contribution in [2.75, 3.05) is 13.1 Å². The molecule has 7 heteroatoms. The monoisotopic (exact) mass is 311 g/mol. The van der Waals surface area contributed by atoms with Crippen LogP contribution in [0.2, 0.25) is 0 Å². The van der Waals surface area contributed by atoms with E-state index in [9.17, 15) is 18.0 Å². The van der Waals surface area contributed by atoms with Crippen LogP contribution in [0.4, 0.5) is 13.2 Å². The zero-order chi connectivity index (χ0) is 15.7. The molecule has 3 rings (SSSR count). The highest BCUT2D eigenvalue weighted by molar-refractivity contribution is 5.49. The number of hydrogen-bond acceptors (Lipinski definition) is 3. The maximum atomic E-state index is 13.0. The smallest absolute Gasteiger partial charge is 0.316 e. The van der Waals surface area contributed by atoms with Gasteiger partial charge in [0.15, 0.2) is 5.65 Å². The van der Waals surface area contributed by atoms with Gasteiger partial charge in [0, 0.05) is 18.0 Å². The Balaban J connectivity index is 1.97. The van der Waals surface area contributed by atoms with Gasteiger partial charge in [0.05, 0.1) is 5.56 Å². The van der Waals surface area contributed by atoms with Gasteiger partial charge in [-0.05, 0) is 50.4 Å². The van der Waals surface area contributed by atoms with Crippen LogP contribution in [0.15, 0.2) is 29.2 Å².